The average Bonchev–Trinajstić information content (AvgIpc) is 3.40. The molecule has 2 aliphatic rings. The molecule has 270 valence electrons. The molecule has 2 amide bonds. The van der Waals surface area contributed by atoms with E-state index in [9.17, 15) is 4.79 Å². The maximum absolute atomic E-state index is 15.2. The maximum Gasteiger partial charge on any atom is 0.255 e. The van der Waals surface area contributed by atoms with Crippen molar-refractivity contribution in [1.29, 1.82) is 0 Å². The number of hydrogen-bond donors (Lipinski definition) is 0. The number of benzene rings is 3. The third-order valence-corrected chi connectivity index (χ3v) is 11.2. The molecule has 0 radical (unpaired) electrons. The molecule has 2 aliphatic heterocycles. The molecule has 0 aliphatic carbocycles. The fourth-order valence-electron chi connectivity index (χ4n) is 8.23. The van der Waals surface area contributed by atoms with Crippen molar-refractivity contribution in [2.24, 2.45) is 0 Å². The van der Waals surface area contributed by atoms with Gasteiger partial charge < -0.3 is 19.3 Å². The standard InChI is InChI=1S/C45H58N4O2/c1-7-9-20-39-33(4)48(25-24-46(5)6)44(40(39)21-10-8-2)41-28-36-22-23-47(43(50)27-34-16-12-11-13-17-34)30-38(36)29-42(41)45(51)49-31-37-19-15-14-18-35(37)26-32(49)3/h11-19,28-29,32H,7-10,20-27,30-31H2,1-6H3/t32-/m1/s1. The molecule has 3 heterocycles. The zero-order valence-corrected chi connectivity index (χ0v) is 31.9. The fraction of sp³-hybridized carbons (Fsp3) is 0.467. The van der Waals surface area contributed by atoms with Gasteiger partial charge >= 0.3 is 0 Å². The van der Waals surface area contributed by atoms with Crippen molar-refractivity contribution >= 4 is 11.8 Å². The molecule has 0 unspecified atom stereocenters. The first-order valence-corrected chi connectivity index (χ1v) is 19.4. The van der Waals surface area contributed by atoms with Crippen molar-refractivity contribution in [3.05, 3.63) is 117 Å². The van der Waals surface area contributed by atoms with Gasteiger partial charge in [-0.2, -0.15) is 0 Å². The van der Waals surface area contributed by atoms with Gasteiger partial charge in [-0.1, -0.05) is 81.3 Å². The van der Waals surface area contributed by atoms with Crippen LogP contribution in [0.2, 0.25) is 0 Å². The van der Waals surface area contributed by atoms with E-state index in [-0.39, 0.29) is 17.9 Å². The van der Waals surface area contributed by atoms with E-state index < -0.39 is 0 Å². The zero-order valence-electron chi connectivity index (χ0n) is 31.9. The van der Waals surface area contributed by atoms with E-state index in [1.165, 1.54) is 39.2 Å². The van der Waals surface area contributed by atoms with Crippen molar-refractivity contribution in [3.63, 3.8) is 0 Å². The highest BCUT2D eigenvalue weighted by molar-refractivity contribution is 6.02. The second-order valence-electron chi connectivity index (χ2n) is 15.2. The van der Waals surface area contributed by atoms with Crippen LogP contribution in [-0.2, 0) is 56.5 Å². The lowest BCUT2D eigenvalue weighted by molar-refractivity contribution is -0.131. The van der Waals surface area contributed by atoms with Crippen molar-refractivity contribution in [1.82, 2.24) is 19.3 Å². The molecule has 6 nitrogen and oxygen atoms in total. The number of nitrogens with zero attached hydrogens (tertiary/aromatic N) is 4. The van der Waals surface area contributed by atoms with Gasteiger partial charge in [-0.25, -0.2) is 0 Å². The number of amides is 2. The van der Waals surface area contributed by atoms with Crippen LogP contribution in [-0.4, -0.2) is 64.3 Å². The lowest BCUT2D eigenvalue weighted by Crippen LogP contribution is -2.43. The predicted octanol–water partition coefficient (Wildman–Crippen LogP) is 8.42. The molecular weight excluding hydrogens is 629 g/mol. The van der Waals surface area contributed by atoms with Crippen LogP contribution in [0, 0.1) is 6.92 Å². The van der Waals surface area contributed by atoms with Gasteiger partial charge in [-0.15, -0.1) is 0 Å². The number of carbonyl (C=O) groups is 2. The molecule has 0 bridgehead atoms. The first kappa shape index (κ1) is 36.6. The lowest BCUT2D eigenvalue weighted by atomic mass is 9.87. The smallest absolute Gasteiger partial charge is 0.255 e. The molecule has 0 spiro atoms. The number of likely N-dealkylation sites (N-methyl/N-ethyl adjacent to an activating group) is 1. The Hall–Kier alpha value is -4.16. The molecule has 3 aromatic carbocycles. The molecule has 0 fully saturated rings. The Kier molecular flexibility index (Phi) is 11.8. The summed E-state index contributed by atoms with van der Waals surface area (Å²) in [6, 6.07) is 23.2. The quantitative estimate of drug-likeness (QED) is 0.142. The SMILES string of the molecule is CCCCc1c(CCCC)c(-c2cc3c(cc2C(=O)N2Cc4ccccc4C[C@H]2C)CN(C(=O)Cc2ccccc2)CC3)n(CCN(C)C)c1C. The normalized spacial score (nSPS) is 15.6. The molecule has 0 N–H and O–H groups in total. The summed E-state index contributed by atoms with van der Waals surface area (Å²) in [5, 5.41) is 0. The van der Waals surface area contributed by atoms with Gasteiger partial charge in [0.15, 0.2) is 0 Å². The molecule has 0 saturated heterocycles. The Bertz CT molecular complexity index is 1840. The minimum Gasteiger partial charge on any atom is -0.343 e. The number of rotatable bonds is 13. The van der Waals surface area contributed by atoms with Gasteiger partial charge in [-0.3, -0.25) is 9.59 Å². The van der Waals surface area contributed by atoms with E-state index in [4.69, 9.17) is 0 Å². The van der Waals surface area contributed by atoms with Crippen molar-refractivity contribution < 1.29 is 9.59 Å². The minimum absolute atomic E-state index is 0.0853. The molecule has 51 heavy (non-hydrogen) atoms. The van der Waals surface area contributed by atoms with E-state index in [2.05, 4.69) is 92.6 Å². The summed E-state index contributed by atoms with van der Waals surface area (Å²) in [7, 11) is 4.28. The molecule has 6 rings (SSSR count). The van der Waals surface area contributed by atoms with Gasteiger partial charge in [-0.05, 0) is 118 Å². The topological polar surface area (TPSA) is 48.8 Å². The first-order chi connectivity index (χ1) is 24.7. The van der Waals surface area contributed by atoms with Crippen LogP contribution in [0.4, 0.5) is 0 Å². The van der Waals surface area contributed by atoms with Gasteiger partial charge in [0.05, 0.1) is 12.1 Å². The van der Waals surface area contributed by atoms with Crippen molar-refractivity contribution in [3.8, 4) is 11.3 Å². The number of hydrogen-bond acceptors (Lipinski definition) is 3. The van der Waals surface area contributed by atoms with Crippen molar-refractivity contribution in [2.75, 3.05) is 27.2 Å². The summed E-state index contributed by atoms with van der Waals surface area (Å²) in [6.07, 6.45) is 8.67. The fourth-order valence-corrected chi connectivity index (χ4v) is 8.23. The van der Waals surface area contributed by atoms with E-state index in [1.54, 1.807) is 0 Å². The third kappa shape index (κ3) is 8.02. The summed E-state index contributed by atoms with van der Waals surface area (Å²) < 4.78 is 2.54. The van der Waals surface area contributed by atoms with E-state index in [0.717, 1.165) is 86.7 Å². The van der Waals surface area contributed by atoms with Crippen LogP contribution in [0.15, 0.2) is 66.7 Å². The lowest BCUT2D eigenvalue weighted by Gasteiger charge is -2.36. The van der Waals surface area contributed by atoms with E-state index >= 15 is 4.79 Å². The first-order valence-electron chi connectivity index (χ1n) is 19.4. The summed E-state index contributed by atoms with van der Waals surface area (Å²) in [4.78, 5) is 35.1. The summed E-state index contributed by atoms with van der Waals surface area (Å²) in [5.74, 6) is 0.234. The summed E-state index contributed by atoms with van der Waals surface area (Å²) in [5.41, 5.74) is 13.3. The van der Waals surface area contributed by atoms with Gasteiger partial charge in [0, 0.05) is 55.6 Å². The number of fused-ring (bicyclic) bond motifs is 2. The monoisotopic (exact) mass is 686 g/mol. The number of aromatic nitrogens is 1. The van der Waals surface area contributed by atoms with E-state index in [1.807, 2.05) is 35.2 Å². The average molecular weight is 687 g/mol. The minimum atomic E-state index is 0.0853. The largest absolute Gasteiger partial charge is 0.343 e. The van der Waals surface area contributed by atoms with Crippen LogP contribution in [0.3, 0.4) is 0 Å². The Morgan fingerprint density at radius 3 is 2.22 bits per heavy atom. The molecule has 0 saturated carbocycles. The maximum atomic E-state index is 15.2. The van der Waals surface area contributed by atoms with Crippen LogP contribution in [0.5, 0.6) is 0 Å². The van der Waals surface area contributed by atoms with Crippen molar-refractivity contribution in [2.45, 2.75) is 111 Å². The second-order valence-corrected chi connectivity index (χ2v) is 15.2. The molecule has 6 heteroatoms. The zero-order chi connectivity index (χ0) is 36.1. The Balaban J connectivity index is 1.49. The molecule has 1 atom stereocenters. The summed E-state index contributed by atoms with van der Waals surface area (Å²) >= 11 is 0. The second kappa shape index (κ2) is 16.5. The molecule has 1 aromatic heterocycles. The predicted molar refractivity (Wildman–Crippen MR) is 209 cm³/mol. The highest BCUT2D eigenvalue weighted by Gasteiger charge is 2.33. The Morgan fingerprint density at radius 2 is 1.51 bits per heavy atom. The summed E-state index contributed by atoms with van der Waals surface area (Å²) in [6.45, 7) is 12.7. The Morgan fingerprint density at radius 1 is 0.824 bits per heavy atom. The van der Waals surface area contributed by atoms with Gasteiger partial charge in [0.25, 0.3) is 5.91 Å². The van der Waals surface area contributed by atoms with Gasteiger partial charge in [0.1, 0.15) is 0 Å². The van der Waals surface area contributed by atoms with Crippen LogP contribution in [0.1, 0.15) is 101 Å². The van der Waals surface area contributed by atoms with E-state index in [0.29, 0.717) is 26.1 Å². The Labute approximate surface area is 306 Å². The third-order valence-electron chi connectivity index (χ3n) is 11.2. The molecule has 4 aromatic rings. The van der Waals surface area contributed by atoms with Crippen LogP contribution >= 0.6 is 0 Å². The number of unbranched alkanes of at least 4 members (excludes halogenated alkanes) is 2. The van der Waals surface area contributed by atoms with Crippen LogP contribution in [0.25, 0.3) is 11.3 Å². The van der Waals surface area contributed by atoms with Gasteiger partial charge in [0.2, 0.25) is 5.91 Å². The number of carbonyl (C=O) groups excluding carboxylic acids is 2. The molecular formula is C45H58N4O2. The van der Waals surface area contributed by atoms with Crippen LogP contribution < -0.4 is 0 Å². The highest BCUT2D eigenvalue weighted by atomic mass is 16.2. The highest BCUT2D eigenvalue weighted by Crippen LogP contribution is 2.39.